The first kappa shape index (κ1) is 17.3. The topological polar surface area (TPSA) is 55.8 Å². The van der Waals surface area contributed by atoms with Crippen LogP contribution >= 0.6 is 0 Å². The summed E-state index contributed by atoms with van der Waals surface area (Å²) in [6, 6.07) is 7.40. The Bertz CT molecular complexity index is 588. The number of nitrogens with zero attached hydrogens (tertiary/aromatic N) is 1. The van der Waals surface area contributed by atoms with Crippen molar-refractivity contribution in [3.63, 3.8) is 0 Å². The Balaban J connectivity index is 2.09. The average Bonchev–Trinajstić information content (AvgIpc) is 2.89. The molecule has 0 N–H and O–H groups in total. The van der Waals surface area contributed by atoms with Gasteiger partial charge in [-0.15, -0.1) is 0 Å². The van der Waals surface area contributed by atoms with Crippen molar-refractivity contribution in [1.29, 1.82) is 0 Å². The van der Waals surface area contributed by atoms with Crippen molar-refractivity contribution in [3.05, 3.63) is 35.4 Å². The van der Waals surface area contributed by atoms with E-state index in [1.54, 1.807) is 17.0 Å². The van der Waals surface area contributed by atoms with Crippen LogP contribution in [-0.4, -0.2) is 42.8 Å². The van der Waals surface area contributed by atoms with Gasteiger partial charge in [-0.25, -0.2) is 9.59 Å². The van der Waals surface area contributed by atoms with E-state index < -0.39 is 5.60 Å². The molecular formula is C18H25NO4. The maximum Gasteiger partial charge on any atom is 0.410 e. The summed E-state index contributed by atoms with van der Waals surface area (Å²) in [5.41, 5.74) is 1.02. The predicted molar refractivity (Wildman–Crippen MR) is 87.6 cm³/mol. The van der Waals surface area contributed by atoms with E-state index in [-0.39, 0.29) is 17.5 Å². The molecule has 0 aromatic heterocycles. The third-order valence-corrected chi connectivity index (χ3v) is 4.13. The number of esters is 1. The molecular weight excluding hydrogens is 294 g/mol. The third-order valence-electron chi connectivity index (χ3n) is 4.13. The molecule has 23 heavy (non-hydrogen) atoms. The first-order chi connectivity index (χ1) is 10.6. The van der Waals surface area contributed by atoms with Crippen LogP contribution in [-0.2, 0) is 14.9 Å². The van der Waals surface area contributed by atoms with Gasteiger partial charge in [-0.2, -0.15) is 0 Å². The molecule has 1 aliphatic rings. The van der Waals surface area contributed by atoms with Crippen molar-refractivity contribution in [2.75, 3.05) is 20.2 Å². The molecule has 0 radical (unpaired) electrons. The summed E-state index contributed by atoms with van der Waals surface area (Å²) < 4.78 is 10.2. The summed E-state index contributed by atoms with van der Waals surface area (Å²) in [5, 5.41) is 0. The van der Waals surface area contributed by atoms with Crippen molar-refractivity contribution < 1.29 is 19.1 Å². The number of hydrogen-bond donors (Lipinski definition) is 0. The van der Waals surface area contributed by atoms with Crippen LogP contribution in [0.15, 0.2) is 24.3 Å². The van der Waals surface area contributed by atoms with Crippen LogP contribution in [0.2, 0.25) is 0 Å². The van der Waals surface area contributed by atoms with Gasteiger partial charge in [-0.3, -0.25) is 0 Å². The van der Waals surface area contributed by atoms with E-state index in [1.165, 1.54) is 7.11 Å². The maximum absolute atomic E-state index is 12.2. The van der Waals surface area contributed by atoms with Gasteiger partial charge in [0.15, 0.2) is 0 Å². The molecule has 0 spiro atoms. The van der Waals surface area contributed by atoms with Gasteiger partial charge in [-0.05, 0) is 44.9 Å². The Morgan fingerprint density at radius 3 is 2.30 bits per heavy atom. The Morgan fingerprint density at radius 2 is 1.78 bits per heavy atom. The van der Waals surface area contributed by atoms with Gasteiger partial charge in [0, 0.05) is 18.5 Å². The largest absolute Gasteiger partial charge is 0.465 e. The number of amides is 1. The molecule has 126 valence electrons. The average molecular weight is 319 g/mol. The van der Waals surface area contributed by atoms with Crippen molar-refractivity contribution in [2.24, 2.45) is 0 Å². The second kappa shape index (κ2) is 6.22. The highest BCUT2D eigenvalue weighted by molar-refractivity contribution is 5.89. The van der Waals surface area contributed by atoms with Gasteiger partial charge < -0.3 is 14.4 Å². The molecule has 1 heterocycles. The number of carbonyl (C=O) groups is 2. The van der Waals surface area contributed by atoms with E-state index in [0.717, 1.165) is 12.0 Å². The zero-order valence-electron chi connectivity index (χ0n) is 14.5. The van der Waals surface area contributed by atoms with E-state index in [0.29, 0.717) is 18.7 Å². The quantitative estimate of drug-likeness (QED) is 0.784. The number of likely N-dealkylation sites (tertiary alicyclic amines) is 1. The smallest absolute Gasteiger partial charge is 0.410 e. The van der Waals surface area contributed by atoms with E-state index in [2.05, 4.69) is 6.92 Å². The Kier molecular flexibility index (Phi) is 4.68. The van der Waals surface area contributed by atoms with Crippen LogP contribution in [0.3, 0.4) is 0 Å². The van der Waals surface area contributed by atoms with Crippen molar-refractivity contribution in [2.45, 2.75) is 45.1 Å². The summed E-state index contributed by atoms with van der Waals surface area (Å²) in [6.45, 7) is 9.01. The highest BCUT2D eigenvalue weighted by atomic mass is 16.6. The van der Waals surface area contributed by atoms with Crippen molar-refractivity contribution in [1.82, 2.24) is 4.90 Å². The molecule has 1 fully saturated rings. The summed E-state index contributed by atoms with van der Waals surface area (Å²) >= 11 is 0. The lowest BCUT2D eigenvalue weighted by molar-refractivity contribution is 0.0285. The zero-order chi connectivity index (χ0) is 17.3. The van der Waals surface area contributed by atoms with Gasteiger partial charge in [0.2, 0.25) is 0 Å². The standard InChI is InChI=1S/C18H25NO4/c1-17(2,3)23-16(21)19-11-10-18(4,12-19)14-8-6-13(7-9-14)15(20)22-5/h6-9H,10-12H2,1-5H3. The highest BCUT2D eigenvalue weighted by Crippen LogP contribution is 2.35. The lowest BCUT2D eigenvalue weighted by Gasteiger charge is -2.27. The zero-order valence-corrected chi connectivity index (χ0v) is 14.5. The number of carbonyl (C=O) groups excluding carboxylic acids is 2. The molecule has 1 aromatic carbocycles. The van der Waals surface area contributed by atoms with E-state index in [4.69, 9.17) is 9.47 Å². The summed E-state index contributed by atoms with van der Waals surface area (Å²) in [5.74, 6) is -0.344. The van der Waals surface area contributed by atoms with E-state index >= 15 is 0 Å². The first-order valence-electron chi connectivity index (χ1n) is 7.81. The van der Waals surface area contributed by atoms with Crippen molar-refractivity contribution in [3.8, 4) is 0 Å². The molecule has 5 nitrogen and oxygen atoms in total. The molecule has 2 rings (SSSR count). The molecule has 5 heteroatoms. The predicted octanol–water partition coefficient (Wildman–Crippen LogP) is 3.37. The molecule has 1 atom stereocenters. The fraction of sp³-hybridized carbons (Fsp3) is 0.556. The molecule has 0 saturated carbocycles. The van der Waals surface area contributed by atoms with Gasteiger partial charge in [0.1, 0.15) is 5.60 Å². The molecule has 1 saturated heterocycles. The molecule has 1 amide bonds. The second-order valence-corrected chi connectivity index (χ2v) is 7.28. The SMILES string of the molecule is COC(=O)c1ccc(C2(C)CCN(C(=O)OC(C)(C)C)C2)cc1. The molecule has 0 bridgehead atoms. The van der Waals surface area contributed by atoms with Gasteiger partial charge >= 0.3 is 12.1 Å². The van der Waals surface area contributed by atoms with Crippen LogP contribution in [0, 0.1) is 0 Å². The minimum atomic E-state index is -0.488. The van der Waals surface area contributed by atoms with Crippen LogP contribution in [0.25, 0.3) is 0 Å². The molecule has 1 aliphatic heterocycles. The fourth-order valence-electron chi connectivity index (χ4n) is 2.81. The maximum atomic E-state index is 12.2. The van der Waals surface area contributed by atoms with E-state index in [1.807, 2.05) is 32.9 Å². The number of methoxy groups -OCH3 is 1. The number of benzene rings is 1. The van der Waals surface area contributed by atoms with Crippen LogP contribution in [0.5, 0.6) is 0 Å². The van der Waals surface area contributed by atoms with Gasteiger partial charge in [-0.1, -0.05) is 19.1 Å². The van der Waals surface area contributed by atoms with Crippen LogP contribution < -0.4 is 0 Å². The number of ether oxygens (including phenoxy) is 2. The molecule has 1 unspecified atom stereocenters. The number of hydrogen-bond acceptors (Lipinski definition) is 4. The second-order valence-electron chi connectivity index (χ2n) is 7.28. The Labute approximate surface area is 137 Å². The monoisotopic (exact) mass is 319 g/mol. The lowest BCUT2D eigenvalue weighted by atomic mass is 9.81. The highest BCUT2D eigenvalue weighted by Gasteiger charge is 2.39. The van der Waals surface area contributed by atoms with Gasteiger partial charge in [0.05, 0.1) is 12.7 Å². The minimum Gasteiger partial charge on any atom is -0.465 e. The van der Waals surface area contributed by atoms with Crippen molar-refractivity contribution >= 4 is 12.1 Å². The minimum absolute atomic E-state index is 0.133. The summed E-state index contributed by atoms with van der Waals surface area (Å²) in [6.07, 6.45) is 0.594. The molecule has 0 aliphatic carbocycles. The van der Waals surface area contributed by atoms with Gasteiger partial charge in [0.25, 0.3) is 0 Å². The lowest BCUT2D eigenvalue weighted by Crippen LogP contribution is -2.37. The van der Waals surface area contributed by atoms with Crippen LogP contribution in [0.4, 0.5) is 4.79 Å². The third kappa shape index (κ3) is 4.03. The molecule has 1 aromatic rings. The summed E-state index contributed by atoms with van der Waals surface area (Å²) in [4.78, 5) is 25.5. The normalized spacial score (nSPS) is 21.2. The fourth-order valence-corrected chi connectivity index (χ4v) is 2.81. The first-order valence-corrected chi connectivity index (χ1v) is 7.81. The Hall–Kier alpha value is -2.04. The van der Waals surface area contributed by atoms with E-state index in [9.17, 15) is 9.59 Å². The summed E-state index contributed by atoms with van der Waals surface area (Å²) in [7, 11) is 1.37. The number of rotatable bonds is 2. The van der Waals surface area contributed by atoms with Crippen LogP contribution in [0.1, 0.15) is 50.0 Å². The Morgan fingerprint density at radius 1 is 1.17 bits per heavy atom.